The van der Waals surface area contributed by atoms with Gasteiger partial charge in [-0.05, 0) is 0 Å². The van der Waals surface area contributed by atoms with Crippen LogP contribution >= 0.6 is 0 Å². The molecule has 3 heterocycles. The van der Waals surface area contributed by atoms with E-state index in [2.05, 4.69) is 29.9 Å². The number of nitrogens with zero attached hydrogens (tertiary/aromatic N) is 5. The van der Waals surface area contributed by atoms with E-state index in [1.807, 2.05) is 0 Å². The van der Waals surface area contributed by atoms with Crippen LogP contribution < -0.4 is 5.73 Å². The molecule has 0 fully saturated rings. The third-order valence-electron chi connectivity index (χ3n) is 1.68. The Morgan fingerprint density at radius 3 is 2.31 bits per heavy atom. The number of imidazole rings is 1. The van der Waals surface area contributed by atoms with Gasteiger partial charge in [0.05, 0.1) is 30.6 Å². The Bertz CT molecular complexity index is 518. The molecule has 0 radical (unpaired) electrons. The van der Waals surface area contributed by atoms with Crippen LogP contribution in [-0.4, -0.2) is 29.9 Å². The van der Waals surface area contributed by atoms with Gasteiger partial charge >= 0.3 is 0 Å². The van der Waals surface area contributed by atoms with E-state index in [1.165, 1.54) is 12.7 Å². The summed E-state index contributed by atoms with van der Waals surface area (Å²) in [6.07, 6.45) is 9.30. The summed E-state index contributed by atoms with van der Waals surface area (Å²) in [7, 11) is 0. The first kappa shape index (κ1) is 9.97. The number of nitrogen functional groups attached to an aromatic ring is 1. The monoisotopic (exact) mass is 215 g/mol. The first-order chi connectivity index (χ1) is 7.86. The number of nitrogens with one attached hydrogen (secondary N) is 1. The third-order valence-corrected chi connectivity index (χ3v) is 1.68. The van der Waals surface area contributed by atoms with Crippen LogP contribution in [0.4, 0.5) is 5.69 Å². The lowest BCUT2D eigenvalue weighted by Gasteiger charge is -1.82. The van der Waals surface area contributed by atoms with Crippen LogP contribution in [0.2, 0.25) is 0 Å². The van der Waals surface area contributed by atoms with E-state index in [9.17, 15) is 0 Å². The maximum atomic E-state index is 5.23. The maximum Gasteiger partial charge on any atom is 0.180 e. The fourth-order valence-electron chi connectivity index (χ4n) is 1.00. The maximum absolute atomic E-state index is 5.23. The second-order valence-corrected chi connectivity index (χ2v) is 2.83. The van der Waals surface area contributed by atoms with Crippen molar-refractivity contribution >= 4 is 16.9 Å². The van der Waals surface area contributed by atoms with Gasteiger partial charge in [-0.15, -0.1) is 0 Å². The minimum Gasteiger partial charge on any atom is -0.396 e. The van der Waals surface area contributed by atoms with E-state index >= 15 is 0 Å². The molecular formula is C9H9N7. The highest BCUT2D eigenvalue weighted by atomic mass is 15.0. The van der Waals surface area contributed by atoms with E-state index in [1.54, 1.807) is 24.9 Å². The molecule has 0 aliphatic heterocycles. The normalized spacial score (nSPS) is 9.50. The Kier molecular flexibility index (Phi) is 2.98. The van der Waals surface area contributed by atoms with Gasteiger partial charge < -0.3 is 10.7 Å². The molecule has 0 saturated carbocycles. The number of fused-ring (bicyclic) bond motifs is 1. The number of aromatic nitrogens is 6. The first-order valence-electron chi connectivity index (χ1n) is 4.46. The molecule has 0 unspecified atom stereocenters. The molecule has 0 spiro atoms. The average molecular weight is 215 g/mol. The smallest absolute Gasteiger partial charge is 0.180 e. The first-order valence-corrected chi connectivity index (χ1v) is 4.46. The summed E-state index contributed by atoms with van der Waals surface area (Å²) in [6.45, 7) is 0. The molecule has 7 heteroatoms. The van der Waals surface area contributed by atoms with Gasteiger partial charge in [0.15, 0.2) is 5.65 Å². The quantitative estimate of drug-likeness (QED) is 0.562. The number of aromatic amines is 1. The van der Waals surface area contributed by atoms with Crippen molar-refractivity contribution in [2.24, 2.45) is 0 Å². The average Bonchev–Trinajstić information content (AvgIpc) is 2.79. The zero-order valence-corrected chi connectivity index (χ0v) is 8.28. The second-order valence-electron chi connectivity index (χ2n) is 2.83. The molecule has 7 nitrogen and oxygen atoms in total. The highest BCUT2D eigenvalue weighted by Gasteiger charge is 1.91. The van der Waals surface area contributed by atoms with Crippen molar-refractivity contribution in [1.29, 1.82) is 0 Å². The van der Waals surface area contributed by atoms with Crippen LogP contribution in [0.3, 0.4) is 0 Å². The molecule has 0 aromatic carbocycles. The third kappa shape index (κ3) is 2.47. The number of nitrogens with two attached hydrogens (primary N) is 1. The SMILES string of the molecule is Nc1cncnc1.c1ncc2[nH]cnc2n1. The van der Waals surface area contributed by atoms with Gasteiger partial charge in [0.2, 0.25) is 0 Å². The molecule has 0 saturated heterocycles. The minimum absolute atomic E-state index is 0.600. The number of H-pyrrole nitrogens is 1. The molecule has 3 rings (SSSR count). The van der Waals surface area contributed by atoms with Crippen molar-refractivity contribution in [3.63, 3.8) is 0 Å². The lowest BCUT2D eigenvalue weighted by Crippen LogP contribution is -1.85. The fourth-order valence-corrected chi connectivity index (χ4v) is 1.00. The number of rotatable bonds is 0. The Morgan fingerprint density at radius 1 is 0.938 bits per heavy atom. The summed E-state index contributed by atoms with van der Waals surface area (Å²) >= 11 is 0. The summed E-state index contributed by atoms with van der Waals surface area (Å²) in [5.74, 6) is 0. The molecule has 16 heavy (non-hydrogen) atoms. The van der Waals surface area contributed by atoms with E-state index < -0.39 is 0 Å². The van der Waals surface area contributed by atoms with Crippen LogP contribution in [-0.2, 0) is 0 Å². The van der Waals surface area contributed by atoms with Crippen LogP contribution in [0, 0.1) is 0 Å². The lowest BCUT2D eigenvalue weighted by atomic mass is 10.6. The van der Waals surface area contributed by atoms with Crippen LogP contribution in [0.25, 0.3) is 11.2 Å². The van der Waals surface area contributed by atoms with E-state index in [4.69, 9.17) is 5.73 Å². The molecule has 0 atom stereocenters. The summed E-state index contributed by atoms with van der Waals surface area (Å²) in [5.41, 5.74) is 7.42. The van der Waals surface area contributed by atoms with Crippen molar-refractivity contribution in [2.45, 2.75) is 0 Å². The lowest BCUT2D eigenvalue weighted by molar-refractivity contribution is 1.17. The van der Waals surface area contributed by atoms with Gasteiger partial charge in [-0.1, -0.05) is 0 Å². The molecule has 80 valence electrons. The number of hydrogen-bond donors (Lipinski definition) is 2. The molecule has 3 N–H and O–H groups in total. The molecular weight excluding hydrogens is 206 g/mol. The Morgan fingerprint density at radius 2 is 1.69 bits per heavy atom. The standard InChI is InChI=1S/C5H4N4.C4H5N3/c1-4-5(8-2-6-1)9-3-7-4;5-4-1-6-3-7-2-4/h1-3H,(H,6,7,8,9);1-3H,5H2. The Labute approximate surface area is 90.8 Å². The van der Waals surface area contributed by atoms with Crippen LogP contribution in [0.1, 0.15) is 0 Å². The molecule has 3 aromatic heterocycles. The van der Waals surface area contributed by atoms with Crippen molar-refractivity contribution in [3.8, 4) is 0 Å². The topological polar surface area (TPSA) is 106 Å². The molecule has 0 bridgehead atoms. The van der Waals surface area contributed by atoms with Crippen LogP contribution in [0.5, 0.6) is 0 Å². The van der Waals surface area contributed by atoms with E-state index in [0.717, 1.165) is 5.52 Å². The van der Waals surface area contributed by atoms with Crippen molar-refractivity contribution in [2.75, 3.05) is 5.73 Å². The molecule has 0 aliphatic carbocycles. The summed E-state index contributed by atoms with van der Waals surface area (Å²) in [4.78, 5) is 21.8. The Hall–Kier alpha value is -2.57. The second kappa shape index (κ2) is 4.78. The van der Waals surface area contributed by atoms with Gasteiger partial charge in [0, 0.05) is 0 Å². The van der Waals surface area contributed by atoms with Gasteiger partial charge in [0.25, 0.3) is 0 Å². The Balaban J connectivity index is 0.000000125. The predicted molar refractivity (Wildman–Crippen MR) is 58.1 cm³/mol. The summed E-state index contributed by atoms with van der Waals surface area (Å²) in [5, 5.41) is 0. The fraction of sp³-hybridized carbons (Fsp3) is 0. The van der Waals surface area contributed by atoms with Crippen LogP contribution in [0.15, 0.2) is 37.6 Å². The number of anilines is 1. The molecule has 3 aromatic rings. The highest BCUT2D eigenvalue weighted by molar-refractivity contribution is 5.67. The number of hydrogen-bond acceptors (Lipinski definition) is 6. The molecule has 0 amide bonds. The van der Waals surface area contributed by atoms with Crippen molar-refractivity contribution in [1.82, 2.24) is 29.9 Å². The summed E-state index contributed by atoms with van der Waals surface area (Å²) in [6, 6.07) is 0. The summed E-state index contributed by atoms with van der Waals surface area (Å²) < 4.78 is 0. The predicted octanol–water partition coefficient (Wildman–Crippen LogP) is 0.412. The van der Waals surface area contributed by atoms with E-state index in [-0.39, 0.29) is 0 Å². The molecule has 0 aliphatic rings. The largest absolute Gasteiger partial charge is 0.396 e. The van der Waals surface area contributed by atoms with E-state index in [0.29, 0.717) is 11.3 Å². The minimum atomic E-state index is 0.600. The zero-order valence-electron chi connectivity index (χ0n) is 8.28. The van der Waals surface area contributed by atoms with Gasteiger partial charge in [0.1, 0.15) is 18.2 Å². The highest BCUT2D eigenvalue weighted by Crippen LogP contribution is 1.99. The van der Waals surface area contributed by atoms with Crippen molar-refractivity contribution in [3.05, 3.63) is 37.6 Å². The zero-order chi connectivity index (χ0) is 11.2. The van der Waals surface area contributed by atoms with Crippen molar-refractivity contribution < 1.29 is 0 Å². The van der Waals surface area contributed by atoms with Gasteiger partial charge in [-0.25, -0.2) is 24.9 Å². The van der Waals surface area contributed by atoms with Gasteiger partial charge in [-0.2, -0.15) is 0 Å². The van der Waals surface area contributed by atoms with Gasteiger partial charge in [-0.3, -0.25) is 0 Å².